The first kappa shape index (κ1) is 21.3. The number of halogens is 1. The lowest BCUT2D eigenvalue weighted by Gasteiger charge is -2.16. The second-order valence-corrected chi connectivity index (χ2v) is 9.16. The van der Waals surface area contributed by atoms with Gasteiger partial charge in [-0.25, -0.2) is 12.8 Å². The molecule has 1 aliphatic rings. The van der Waals surface area contributed by atoms with Gasteiger partial charge in [0.25, 0.3) is 5.91 Å². The molecule has 1 amide bonds. The van der Waals surface area contributed by atoms with Crippen LogP contribution in [-0.2, 0) is 16.6 Å². The molecule has 0 aromatic heterocycles. The minimum absolute atomic E-state index is 0.0741. The fourth-order valence-electron chi connectivity index (χ4n) is 3.15. The van der Waals surface area contributed by atoms with E-state index in [1.807, 2.05) is 38.1 Å². The van der Waals surface area contributed by atoms with E-state index in [4.69, 9.17) is 4.74 Å². The zero-order valence-electron chi connectivity index (χ0n) is 16.5. The molecular formula is C21H25FN2O4S. The summed E-state index contributed by atoms with van der Waals surface area (Å²) in [4.78, 5) is 12.0. The van der Waals surface area contributed by atoms with Crippen LogP contribution in [0, 0.1) is 5.82 Å². The van der Waals surface area contributed by atoms with E-state index in [0.29, 0.717) is 13.1 Å². The zero-order chi connectivity index (χ0) is 21.0. The molecule has 156 valence electrons. The Morgan fingerprint density at radius 3 is 2.41 bits per heavy atom. The molecule has 1 N–H and O–H groups in total. The van der Waals surface area contributed by atoms with Crippen molar-refractivity contribution < 1.29 is 22.3 Å². The van der Waals surface area contributed by atoms with Gasteiger partial charge < -0.3 is 10.1 Å². The molecule has 29 heavy (non-hydrogen) atoms. The van der Waals surface area contributed by atoms with Crippen molar-refractivity contribution in [3.05, 3.63) is 59.4 Å². The zero-order valence-corrected chi connectivity index (χ0v) is 17.3. The van der Waals surface area contributed by atoms with Gasteiger partial charge in [0.2, 0.25) is 10.0 Å². The lowest BCUT2D eigenvalue weighted by atomic mass is 10.2. The third-order valence-electron chi connectivity index (χ3n) is 4.62. The molecular weight excluding hydrogens is 395 g/mol. The quantitative estimate of drug-likeness (QED) is 0.746. The Morgan fingerprint density at radius 2 is 1.79 bits per heavy atom. The molecule has 0 bridgehead atoms. The minimum Gasteiger partial charge on any atom is -0.491 e. The third kappa shape index (κ3) is 5.13. The maximum atomic E-state index is 14.2. The maximum absolute atomic E-state index is 14.2. The second kappa shape index (κ2) is 8.92. The maximum Gasteiger partial charge on any atom is 0.251 e. The van der Waals surface area contributed by atoms with E-state index in [0.717, 1.165) is 36.3 Å². The first-order chi connectivity index (χ1) is 13.8. The number of carbonyl (C=O) groups is 1. The third-order valence-corrected chi connectivity index (χ3v) is 6.54. The number of hydrogen-bond donors (Lipinski definition) is 1. The Labute approximate surface area is 170 Å². The molecule has 1 aliphatic heterocycles. The summed E-state index contributed by atoms with van der Waals surface area (Å²) in [6.45, 7) is 4.87. The minimum atomic E-state index is -3.94. The molecule has 0 saturated carbocycles. The number of ether oxygens (including phenoxy) is 1. The van der Waals surface area contributed by atoms with Gasteiger partial charge in [-0.15, -0.1) is 0 Å². The molecule has 0 atom stereocenters. The largest absolute Gasteiger partial charge is 0.491 e. The first-order valence-electron chi connectivity index (χ1n) is 9.61. The Bertz CT molecular complexity index is 969. The number of nitrogens with zero attached hydrogens (tertiary/aromatic N) is 1. The summed E-state index contributed by atoms with van der Waals surface area (Å²) in [5.41, 5.74) is 0.963. The molecule has 1 saturated heterocycles. The predicted molar refractivity (Wildman–Crippen MR) is 108 cm³/mol. The number of sulfonamides is 1. The van der Waals surface area contributed by atoms with Crippen LogP contribution in [0.1, 0.15) is 42.6 Å². The standard InChI is InChI=1S/C21H25FN2O4S/c1-15(2)28-18-8-5-16(6-9-18)14-23-21(25)17-7-10-19(22)20(13-17)29(26,27)24-11-3-4-12-24/h5-10,13,15H,3-4,11-12,14H2,1-2H3,(H,23,25). The molecule has 8 heteroatoms. The summed E-state index contributed by atoms with van der Waals surface area (Å²) < 4.78 is 46.4. The fourth-order valence-corrected chi connectivity index (χ4v) is 4.76. The molecule has 0 aliphatic carbocycles. The highest BCUT2D eigenvalue weighted by Crippen LogP contribution is 2.24. The van der Waals surface area contributed by atoms with E-state index >= 15 is 0 Å². The summed E-state index contributed by atoms with van der Waals surface area (Å²) in [6, 6.07) is 10.7. The average Bonchev–Trinajstić information content (AvgIpc) is 3.23. The van der Waals surface area contributed by atoms with Gasteiger partial charge in [-0.05, 0) is 62.6 Å². The molecule has 0 spiro atoms. The molecule has 1 heterocycles. The summed E-state index contributed by atoms with van der Waals surface area (Å²) in [7, 11) is -3.94. The van der Waals surface area contributed by atoms with Crippen molar-refractivity contribution in [1.82, 2.24) is 9.62 Å². The Morgan fingerprint density at radius 1 is 1.14 bits per heavy atom. The van der Waals surface area contributed by atoms with Crippen LogP contribution in [0.3, 0.4) is 0 Å². The topological polar surface area (TPSA) is 75.7 Å². The van der Waals surface area contributed by atoms with Crippen LogP contribution in [0.4, 0.5) is 4.39 Å². The van der Waals surface area contributed by atoms with Crippen LogP contribution in [0.5, 0.6) is 5.75 Å². The smallest absolute Gasteiger partial charge is 0.251 e. The van der Waals surface area contributed by atoms with E-state index in [1.54, 1.807) is 0 Å². The Hall–Kier alpha value is -2.45. The molecule has 6 nitrogen and oxygen atoms in total. The van der Waals surface area contributed by atoms with Gasteiger partial charge in [-0.1, -0.05) is 12.1 Å². The predicted octanol–water partition coefficient (Wildman–Crippen LogP) is 3.33. The highest BCUT2D eigenvalue weighted by Gasteiger charge is 2.30. The van der Waals surface area contributed by atoms with E-state index in [1.165, 1.54) is 10.4 Å². The summed E-state index contributed by atoms with van der Waals surface area (Å²) in [5, 5.41) is 2.73. The highest BCUT2D eigenvalue weighted by atomic mass is 32.2. The number of nitrogens with one attached hydrogen (secondary N) is 1. The van der Waals surface area contributed by atoms with Crippen LogP contribution >= 0.6 is 0 Å². The van der Waals surface area contributed by atoms with Crippen molar-refractivity contribution in [2.24, 2.45) is 0 Å². The number of carbonyl (C=O) groups excluding carboxylic acids is 1. The lowest BCUT2D eigenvalue weighted by Crippen LogP contribution is -2.29. The second-order valence-electron chi connectivity index (χ2n) is 7.25. The number of hydrogen-bond acceptors (Lipinski definition) is 4. The van der Waals surface area contributed by atoms with Gasteiger partial charge in [0.15, 0.2) is 0 Å². The highest BCUT2D eigenvalue weighted by molar-refractivity contribution is 7.89. The first-order valence-corrected chi connectivity index (χ1v) is 11.0. The van der Waals surface area contributed by atoms with E-state index in [2.05, 4.69) is 5.32 Å². The van der Waals surface area contributed by atoms with Crippen molar-refractivity contribution in [3.8, 4) is 5.75 Å². The molecule has 3 rings (SSSR count). The number of amides is 1. The molecule has 1 fully saturated rings. The van der Waals surface area contributed by atoms with Gasteiger partial charge in [0, 0.05) is 25.2 Å². The fraction of sp³-hybridized carbons (Fsp3) is 0.381. The summed E-state index contributed by atoms with van der Waals surface area (Å²) >= 11 is 0. The monoisotopic (exact) mass is 420 g/mol. The van der Waals surface area contributed by atoms with Gasteiger partial charge >= 0.3 is 0 Å². The van der Waals surface area contributed by atoms with Crippen LogP contribution in [0.2, 0.25) is 0 Å². The van der Waals surface area contributed by atoms with Crippen molar-refractivity contribution in [3.63, 3.8) is 0 Å². The van der Waals surface area contributed by atoms with Crippen molar-refractivity contribution in [2.75, 3.05) is 13.1 Å². The van der Waals surface area contributed by atoms with Gasteiger partial charge in [-0.3, -0.25) is 4.79 Å². The lowest BCUT2D eigenvalue weighted by molar-refractivity contribution is 0.0950. The van der Waals surface area contributed by atoms with Crippen molar-refractivity contribution in [2.45, 2.75) is 44.2 Å². The number of benzene rings is 2. The van der Waals surface area contributed by atoms with E-state index in [-0.39, 0.29) is 18.2 Å². The van der Waals surface area contributed by atoms with Crippen molar-refractivity contribution >= 4 is 15.9 Å². The molecule has 2 aromatic carbocycles. The Balaban J connectivity index is 1.70. The van der Waals surface area contributed by atoms with Crippen molar-refractivity contribution in [1.29, 1.82) is 0 Å². The summed E-state index contributed by atoms with van der Waals surface area (Å²) in [5.74, 6) is -0.579. The summed E-state index contributed by atoms with van der Waals surface area (Å²) in [6.07, 6.45) is 1.58. The van der Waals surface area contributed by atoms with Gasteiger partial charge in [0.1, 0.15) is 16.5 Å². The van der Waals surface area contributed by atoms with E-state index < -0.39 is 26.6 Å². The van der Waals surface area contributed by atoms with Crippen LogP contribution in [0.25, 0.3) is 0 Å². The Kier molecular flexibility index (Phi) is 6.54. The van der Waals surface area contributed by atoms with Crippen LogP contribution in [0.15, 0.2) is 47.4 Å². The molecule has 0 unspecified atom stereocenters. The molecule has 2 aromatic rings. The normalized spacial score (nSPS) is 14.9. The average molecular weight is 421 g/mol. The van der Waals surface area contributed by atoms with Gasteiger partial charge in [-0.2, -0.15) is 4.31 Å². The van der Waals surface area contributed by atoms with Crippen LogP contribution in [-0.4, -0.2) is 37.8 Å². The van der Waals surface area contributed by atoms with Gasteiger partial charge in [0.05, 0.1) is 6.10 Å². The van der Waals surface area contributed by atoms with E-state index in [9.17, 15) is 17.6 Å². The number of rotatable bonds is 7. The van der Waals surface area contributed by atoms with Crippen LogP contribution < -0.4 is 10.1 Å². The SMILES string of the molecule is CC(C)Oc1ccc(CNC(=O)c2ccc(F)c(S(=O)(=O)N3CCCC3)c2)cc1. The molecule has 0 radical (unpaired) electrons.